The molecule has 10 rings (SSSR count). The van der Waals surface area contributed by atoms with Crippen molar-refractivity contribution in [2.75, 3.05) is 9.80 Å². The highest BCUT2D eigenvalue weighted by molar-refractivity contribution is 6.35. The van der Waals surface area contributed by atoms with Crippen LogP contribution in [0.5, 0.6) is 11.5 Å². The molecule has 0 atom stereocenters. The van der Waals surface area contributed by atoms with Crippen molar-refractivity contribution in [3.05, 3.63) is 215 Å². The van der Waals surface area contributed by atoms with Crippen LogP contribution in [0, 0.1) is 0 Å². The van der Waals surface area contributed by atoms with Crippen LogP contribution in [0.2, 0.25) is 0 Å². The molecule has 0 fully saturated rings. The largest absolute Gasteiger partial charge is 0.423 e. The first-order valence-corrected chi connectivity index (χ1v) is 20.2. The van der Waals surface area contributed by atoms with Crippen molar-refractivity contribution in [3.63, 3.8) is 0 Å². The van der Waals surface area contributed by atoms with Gasteiger partial charge in [-0.15, -0.1) is 0 Å². The molecule has 2 heterocycles. The number of carbonyl (C=O) groups is 6. The molecule has 10 heteroatoms. The zero-order chi connectivity index (χ0) is 43.9. The number of imide groups is 2. The van der Waals surface area contributed by atoms with Gasteiger partial charge in [0.25, 0.3) is 23.6 Å². The summed E-state index contributed by atoms with van der Waals surface area (Å²) in [5.41, 5.74) is 4.55. The Morgan fingerprint density at radius 1 is 0.375 bits per heavy atom. The van der Waals surface area contributed by atoms with Crippen LogP contribution in [0.1, 0.15) is 52.6 Å². The van der Waals surface area contributed by atoms with Crippen molar-refractivity contribution in [2.45, 2.75) is 0 Å². The number of carbonyl (C=O) groups excluding carboxylic acids is 6. The van der Waals surface area contributed by atoms with E-state index < -0.39 is 35.6 Å². The molecule has 0 aromatic heterocycles. The van der Waals surface area contributed by atoms with Gasteiger partial charge in [-0.2, -0.15) is 0 Å². The molecule has 0 bridgehead atoms. The Hall–Kier alpha value is -9.02. The number of esters is 2. The van der Waals surface area contributed by atoms with Crippen LogP contribution in [-0.2, 0) is 9.59 Å². The van der Waals surface area contributed by atoms with Crippen molar-refractivity contribution in [2.24, 2.45) is 0 Å². The van der Waals surface area contributed by atoms with Gasteiger partial charge in [0.2, 0.25) is 0 Å². The minimum absolute atomic E-state index is 0.233. The van der Waals surface area contributed by atoms with Gasteiger partial charge >= 0.3 is 11.9 Å². The maximum atomic E-state index is 13.6. The molecule has 0 radical (unpaired) electrons. The lowest BCUT2D eigenvalue weighted by molar-refractivity contribution is -0.129. The van der Waals surface area contributed by atoms with Gasteiger partial charge in [-0.25, -0.2) is 19.4 Å². The van der Waals surface area contributed by atoms with Crippen LogP contribution in [0.3, 0.4) is 0 Å². The first-order valence-electron chi connectivity index (χ1n) is 20.2. The van der Waals surface area contributed by atoms with Gasteiger partial charge in [0, 0.05) is 23.3 Å². The highest BCUT2D eigenvalue weighted by Crippen LogP contribution is 2.46. The smallest absolute Gasteiger partial charge is 0.336 e. The zero-order valence-electron chi connectivity index (χ0n) is 33.6. The van der Waals surface area contributed by atoms with Crippen molar-refractivity contribution in [1.29, 1.82) is 0 Å². The second-order valence-electron chi connectivity index (χ2n) is 15.0. The fourth-order valence-electron chi connectivity index (χ4n) is 8.12. The Morgan fingerprint density at radius 2 is 0.703 bits per heavy atom. The summed E-state index contributed by atoms with van der Waals surface area (Å²) in [6.45, 7) is 0. The van der Waals surface area contributed by atoms with E-state index >= 15 is 0 Å². The quantitative estimate of drug-likeness (QED) is 0.0609. The van der Waals surface area contributed by atoms with E-state index in [1.165, 1.54) is 12.2 Å². The summed E-state index contributed by atoms with van der Waals surface area (Å²) in [5, 5.41) is 3.23. The molecule has 306 valence electrons. The highest BCUT2D eigenvalue weighted by Gasteiger charge is 2.37. The molecule has 2 aliphatic heterocycles. The normalized spacial score (nSPS) is 13.4. The van der Waals surface area contributed by atoms with E-state index in [4.69, 9.17) is 9.47 Å². The molecule has 10 nitrogen and oxygen atoms in total. The summed E-state index contributed by atoms with van der Waals surface area (Å²) >= 11 is 0. The number of hydrogen-bond acceptors (Lipinski definition) is 8. The third kappa shape index (κ3) is 7.00. The lowest BCUT2D eigenvalue weighted by Crippen LogP contribution is -2.29. The minimum atomic E-state index is -0.670. The van der Waals surface area contributed by atoms with E-state index in [1.54, 1.807) is 121 Å². The summed E-state index contributed by atoms with van der Waals surface area (Å²) in [4.78, 5) is 81.4. The van der Waals surface area contributed by atoms with Crippen LogP contribution < -0.4 is 19.3 Å². The third-order valence-corrected chi connectivity index (χ3v) is 11.2. The lowest BCUT2D eigenvalue weighted by atomic mass is 9.92. The molecule has 64 heavy (non-hydrogen) atoms. The second-order valence-corrected chi connectivity index (χ2v) is 15.0. The van der Waals surface area contributed by atoms with Crippen LogP contribution >= 0.6 is 0 Å². The molecule has 0 spiro atoms. The molecular weight excluding hydrogens is 805 g/mol. The number of ether oxygens (including phenoxy) is 2. The number of rotatable bonds is 9. The standard InChI is InChI=1S/C54H32N2O8/c57-47(31-21-33-17-25-37(26-18-33)55-51(59)41-13-5-6-14-42(41)52(55)60)63-45-29-23-35-9-1-3-11-39(35)49(45)50-40-12-4-2-10-36(40)24-30-46(50)64-48(58)32-22-34-19-27-38(28-20-34)56-53(61)43-15-7-8-16-44(43)54(56)62/h1-32H/b31-21+,32-22+. The Bertz CT molecular complexity index is 3060. The number of amides is 4. The van der Waals surface area contributed by atoms with E-state index in [0.717, 1.165) is 31.3 Å². The lowest BCUT2D eigenvalue weighted by Gasteiger charge is -2.18. The number of hydrogen-bond donors (Lipinski definition) is 0. The van der Waals surface area contributed by atoms with Crippen LogP contribution in [-0.4, -0.2) is 35.6 Å². The monoisotopic (exact) mass is 836 g/mol. The Balaban J connectivity index is 0.912. The van der Waals surface area contributed by atoms with E-state index in [2.05, 4.69) is 0 Å². The Morgan fingerprint density at radius 3 is 1.06 bits per heavy atom. The number of benzene rings is 8. The molecule has 4 amide bonds. The fourth-order valence-corrected chi connectivity index (χ4v) is 8.12. The van der Waals surface area contributed by atoms with Gasteiger partial charge in [-0.3, -0.25) is 19.2 Å². The predicted octanol–water partition coefficient (Wildman–Crippen LogP) is 10.5. The van der Waals surface area contributed by atoms with E-state index in [-0.39, 0.29) is 11.5 Å². The third-order valence-electron chi connectivity index (χ3n) is 11.2. The van der Waals surface area contributed by atoms with Gasteiger partial charge in [0.1, 0.15) is 11.5 Å². The first kappa shape index (κ1) is 39.1. The van der Waals surface area contributed by atoms with Crippen LogP contribution in [0.4, 0.5) is 11.4 Å². The Labute approximate surface area is 365 Å². The number of fused-ring (bicyclic) bond motifs is 4. The predicted molar refractivity (Wildman–Crippen MR) is 244 cm³/mol. The van der Waals surface area contributed by atoms with Crippen molar-refractivity contribution >= 4 is 80.6 Å². The maximum Gasteiger partial charge on any atom is 0.336 e. The van der Waals surface area contributed by atoms with Gasteiger partial charge < -0.3 is 9.47 Å². The van der Waals surface area contributed by atoms with Crippen LogP contribution in [0.15, 0.2) is 182 Å². The average Bonchev–Trinajstić information content (AvgIpc) is 3.74. The summed E-state index contributed by atoms with van der Waals surface area (Å²) in [6, 6.07) is 49.1. The molecule has 2 aliphatic rings. The number of anilines is 2. The maximum absolute atomic E-state index is 13.6. The Kier molecular flexibility index (Phi) is 9.85. The summed E-state index contributed by atoms with van der Waals surface area (Å²) in [7, 11) is 0. The summed E-state index contributed by atoms with van der Waals surface area (Å²) in [6.07, 6.45) is 5.73. The van der Waals surface area contributed by atoms with Gasteiger partial charge in [-0.1, -0.05) is 109 Å². The van der Waals surface area contributed by atoms with Gasteiger partial charge in [0.05, 0.1) is 33.6 Å². The van der Waals surface area contributed by atoms with E-state index in [1.807, 2.05) is 60.7 Å². The average molecular weight is 837 g/mol. The molecule has 0 saturated carbocycles. The van der Waals surface area contributed by atoms with Gasteiger partial charge in [0.15, 0.2) is 0 Å². The van der Waals surface area contributed by atoms with E-state index in [0.29, 0.717) is 55.9 Å². The van der Waals surface area contributed by atoms with Crippen molar-refractivity contribution in [1.82, 2.24) is 0 Å². The molecular formula is C54H32N2O8. The minimum Gasteiger partial charge on any atom is -0.423 e. The second kappa shape index (κ2) is 16.1. The molecule has 0 N–H and O–H groups in total. The van der Waals surface area contributed by atoms with Gasteiger partial charge in [-0.05, 0) is 105 Å². The SMILES string of the molecule is O=C(/C=C/c1ccc(N2C(=O)c3ccccc3C2=O)cc1)Oc1ccc2ccccc2c1-c1c(OC(=O)/C=C/c2ccc(N3C(=O)c4ccccc4C3=O)cc2)ccc2ccccc12. The molecule has 8 aromatic rings. The summed E-state index contributed by atoms with van der Waals surface area (Å²) in [5.74, 6) is -2.46. The van der Waals surface area contributed by atoms with Crippen molar-refractivity contribution in [3.8, 4) is 22.6 Å². The topological polar surface area (TPSA) is 127 Å². The van der Waals surface area contributed by atoms with Crippen molar-refractivity contribution < 1.29 is 38.2 Å². The molecule has 0 unspecified atom stereocenters. The molecule has 0 aliphatic carbocycles. The zero-order valence-corrected chi connectivity index (χ0v) is 33.6. The number of nitrogens with zero attached hydrogens (tertiary/aromatic N) is 2. The van der Waals surface area contributed by atoms with Crippen LogP contribution in [0.25, 0.3) is 44.8 Å². The highest BCUT2D eigenvalue weighted by atomic mass is 16.5. The molecule has 0 saturated heterocycles. The fraction of sp³-hybridized carbons (Fsp3) is 0. The van der Waals surface area contributed by atoms with E-state index in [9.17, 15) is 28.8 Å². The molecule has 8 aromatic carbocycles. The summed E-state index contributed by atoms with van der Waals surface area (Å²) < 4.78 is 12.1. The first-order chi connectivity index (χ1) is 31.2.